The summed E-state index contributed by atoms with van der Waals surface area (Å²) >= 11 is 3.58. The van der Waals surface area contributed by atoms with E-state index < -0.39 is 0 Å². The Bertz CT molecular complexity index is 657. The third-order valence-electron chi connectivity index (χ3n) is 4.40. The number of anilines is 1. The van der Waals surface area contributed by atoms with Crippen LogP contribution >= 0.6 is 22.7 Å². The average Bonchev–Trinajstić information content (AvgIpc) is 3.30. The molecule has 3 heterocycles. The van der Waals surface area contributed by atoms with Crippen molar-refractivity contribution in [3.63, 3.8) is 0 Å². The smallest absolute Gasteiger partial charge is 0.191 e. The number of hydrogen-bond acceptors (Lipinski definition) is 5. The number of nitrogens with zero attached hydrogens (tertiary/aromatic N) is 3. The molecule has 0 bridgehead atoms. The minimum absolute atomic E-state index is 0.504. The van der Waals surface area contributed by atoms with Gasteiger partial charge in [-0.2, -0.15) is 0 Å². The van der Waals surface area contributed by atoms with E-state index in [1.165, 1.54) is 10.0 Å². The summed E-state index contributed by atoms with van der Waals surface area (Å²) in [5, 5.41) is 13.9. The fraction of sp³-hybridized carbons (Fsp3) is 0.556. The minimum Gasteiger partial charge on any atom is -0.363 e. The minimum atomic E-state index is 0.504. The normalized spacial score (nSPS) is 16.2. The maximum absolute atomic E-state index is 4.51. The number of aliphatic imine (C=N–C) groups is 1. The van der Waals surface area contributed by atoms with Gasteiger partial charge in [0.05, 0.1) is 10.0 Å². The van der Waals surface area contributed by atoms with Crippen LogP contribution in [0, 0.1) is 6.92 Å². The second-order valence-electron chi connectivity index (χ2n) is 6.34. The molecule has 0 aromatic carbocycles. The van der Waals surface area contributed by atoms with E-state index in [0.29, 0.717) is 6.04 Å². The molecule has 2 N–H and O–H groups in total. The lowest BCUT2D eigenvalue weighted by molar-refractivity contribution is 0.462. The van der Waals surface area contributed by atoms with Gasteiger partial charge in [-0.1, -0.05) is 0 Å². The zero-order valence-corrected chi connectivity index (χ0v) is 16.6. The van der Waals surface area contributed by atoms with Crippen molar-refractivity contribution < 1.29 is 0 Å². The molecule has 2 aromatic rings. The quantitative estimate of drug-likeness (QED) is 0.461. The molecule has 1 aliphatic heterocycles. The van der Waals surface area contributed by atoms with E-state index in [1.807, 2.05) is 25.3 Å². The van der Waals surface area contributed by atoms with Crippen LogP contribution in [0.4, 0.5) is 5.00 Å². The van der Waals surface area contributed by atoms with E-state index in [4.69, 9.17) is 0 Å². The molecule has 3 rings (SSSR count). The fourth-order valence-electron chi connectivity index (χ4n) is 3.05. The Morgan fingerprint density at radius 1 is 1.36 bits per heavy atom. The molecule has 1 saturated heterocycles. The van der Waals surface area contributed by atoms with Crippen molar-refractivity contribution in [2.75, 3.05) is 31.6 Å². The predicted octanol–water partition coefficient (Wildman–Crippen LogP) is 3.28. The Morgan fingerprint density at radius 3 is 2.84 bits per heavy atom. The molecule has 7 heteroatoms. The van der Waals surface area contributed by atoms with Crippen molar-refractivity contribution in [1.82, 2.24) is 15.6 Å². The highest BCUT2D eigenvalue weighted by molar-refractivity contribution is 7.14. The molecule has 0 amide bonds. The topological polar surface area (TPSA) is 52.6 Å². The molecule has 136 valence electrons. The first kappa shape index (κ1) is 18.2. The highest BCUT2D eigenvalue weighted by Gasteiger charge is 2.20. The van der Waals surface area contributed by atoms with Crippen LogP contribution in [0.3, 0.4) is 0 Å². The molecule has 0 radical (unpaired) electrons. The van der Waals surface area contributed by atoms with Gasteiger partial charge in [-0.05, 0) is 43.7 Å². The number of hydrogen-bond donors (Lipinski definition) is 2. The van der Waals surface area contributed by atoms with Crippen molar-refractivity contribution >= 4 is 33.6 Å². The van der Waals surface area contributed by atoms with Gasteiger partial charge in [0, 0.05) is 50.2 Å². The first-order chi connectivity index (χ1) is 12.2. The predicted molar refractivity (Wildman–Crippen MR) is 109 cm³/mol. The lowest BCUT2D eigenvalue weighted by Gasteiger charge is -2.33. The van der Waals surface area contributed by atoms with Gasteiger partial charge in [-0.25, -0.2) is 4.98 Å². The molecule has 0 spiro atoms. The summed E-state index contributed by atoms with van der Waals surface area (Å²) in [4.78, 5) is 11.4. The molecule has 25 heavy (non-hydrogen) atoms. The molecule has 2 aromatic heterocycles. The zero-order chi connectivity index (χ0) is 17.5. The highest BCUT2D eigenvalue weighted by atomic mass is 32.1. The summed E-state index contributed by atoms with van der Waals surface area (Å²) in [6.45, 7) is 5.19. The van der Waals surface area contributed by atoms with Gasteiger partial charge in [0.15, 0.2) is 5.96 Å². The van der Waals surface area contributed by atoms with Gasteiger partial charge in [-0.3, -0.25) is 4.99 Å². The number of thiophene rings is 1. The van der Waals surface area contributed by atoms with Crippen molar-refractivity contribution in [3.05, 3.63) is 33.6 Å². The van der Waals surface area contributed by atoms with Gasteiger partial charge >= 0.3 is 0 Å². The molecule has 1 aliphatic rings. The lowest BCUT2D eigenvalue weighted by atomic mass is 10.1. The number of piperidine rings is 1. The standard InChI is InChI=1S/C18H27N5S2/c1-14-13-25-16(21-14)5-3-9-20-18(19-2)22-15-7-10-23(11-8-15)17-6-4-12-24-17/h4,6,12-13,15H,3,5,7-11H2,1-2H3,(H2,19,20,22). The van der Waals surface area contributed by atoms with Crippen LogP contribution in [0.15, 0.2) is 27.9 Å². The maximum Gasteiger partial charge on any atom is 0.191 e. The van der Waals surface area contributed by atoms with E-state index in [9.17, 15) is 0 Å². The Morgan fingerprint density at radius 2 is 2.20 bits per heavy atom. The molecule has 0 aliphatic carbocycles. The van der Waals surface area contributed by atoms with Gasteiger partial charge in [-0.15, -0.1) is 22.7 Å². The van der Waals surface area contributed by atoms with Crippen molar-refractivity contribution in [3.8, 4) is 0 Å². The largest absolute Gasteiger partial charge is 0.363 e. The van der Waals surface area contributed by atoms with E-state index in [-0.39, 0.29) is 0 Å². The highest BCUT2D eigenvalue weighted by Crippen LogP contribution is 2.24. The van der Waals surface area contributed by atoms with Crippen LogP contribution in [0.1, 0.15) is 30.0 Å². The van der Waals surface area contributed by atoms with E-state index in [1.54, 1.807) is 11.3 Å². The fourth-order valence-corrected chi connectivity index (χ4v) is 4.65. The molecule has 0 saturated carbocycles. The van der Waals surface area contributed by atoms with Gasteiger partial charge in [0.1, 0.15) is 0 Å². The van der Waals surface area contributed by atoms with Crippen LogP contribution < -0.4 is 15.5 Å². The maximum atomic E-state index is 4.51. The van der Waals surface area contributed by atoms with Gasteiger partial charge in [0.25, 0.3) is 0 Å². The van der Waals surface area contributed by atoms with E-state index in [0.717, 1.165) is 57.0 Å². The number of aryl methyl sites for hydroxylation is 2. The summed E-state index contributed by atoms with van der Waals surface area (Å²) in [5.74, 6) is 0.921. The van der Waals surface area contributed by atoms with Crippen molar-refractivity contribution in [2.24, 2.45) is 4.99 Å². The van der Waals surface area contributed by atoms with E-state index >= 15 is 0 Å². The van der Waals surface area contributed by atoms with Crippen LogP contribution in [-0.2, 0) is 6.42 Å². The Kier molecular flexibility index (Phi) is 6.69. The number of nitrogens with one attached hydrogen (secondary N) is 2. The SMILES string of the molecule is CN=C(NCCCc1nc(C)cs1)NC1CCN(c2cccs2)CC1. The Hall–Kier alpha value is -1.60. The molecule has 0 atom stereocenters. The van der Waals surface area contributed by atoms with Gasteiger partial charge in [0.2, 0.25) is 0 Å². The summed E-state index contributed by atoms with van der Waals surface area (Å²) in [6, 6.07) is 4.84. The molecular formula is C18H27N5S2. The van der Waals surface area contributed by atoms with Gasteiger partial charge < -0.3 is 15.5 Å². The number of rotatable bonds is 6. The molecule has 1 fully saturated rings. The second kappa shape index (κ2) is 9.20. The average molecular weight is 378 g/mol. The summed E-state index contributed by atoms with van der Waals surface area (Å²) in [7, 11) is 1.85. The number of guanidine groups is 1. The van der Waals surface area contributed by atoms with Crippen LogP contribution in [0.5, 0.6) is 0 Å². The second-order valence-corrected chi connectivity index (χ2v) is 8.21. The van der Waals surface area contributed by atoms with Crippen LogP contribution in [0.25, 0.3) is 0 Å². The monoisotopic (exact) mass is 377 g/mol. The third-order valence-corrected chi connectivity index (χ3v) is 6.36. The Labute approximate surface area is 158 Å². The van der Waals surface area contributed by atoms with E-state index in [2.05, 4.69) is 48.4 Å². The van der Waals surface area contributed by atoms with Crippen LogP contribution in [-0.4, -0.2) is 43.7 Å². The van der Waals surface area contributed by atoms with Crippen LogP contribution in [0.2, 0.25) is 0 Å². The van der Waals surface area contributed by atoms with Crippen molar-refractivity contribution in [2.45, 2.75) is 38.6 Å². The first-order valence-electron chi connectivity index (χ1n) is 8.91. The number of thiazole rings is 1. The summed E-state index contributed by atoms with van der Waals surface area (Å²) < 4.78 is 0. The zero-order valence-electron chi connectivity index (χ0n) is 15.0. The number of aromatic nitrogens is 1. The van der Waals surface area contributed by atoms with Crippen molar-refractivity contribution in [1.29, 1.82) is 0 Å². The molecule has 0 unspecified atom stereocenters. The Balaban J connectivity index is 1.35. The molecule has 5 nitrogen and oxygen atoms in total. The lowest BCUT2D eigenvalue weighted by Crippen LogP contribution is -2.48. The third kappa shape index (κ3) is 5.44. The molecular weight excluding hydrogens is 350 g/mol. The summed E-state index contributed by atoms with van der Waals surface area (Å²) in [6.07, 6.45) is 4.40. The first-order valence-corrected chi connectivity index (χ1v) is 10.7. The summed E-state index contributed by atoms with van der Waals surface area (Å²) in [5.41, 5.74) is 1.12.